The van der Waals surface area contributed by atoms with Crippen LogP contribution in [0.5, 0.6) is 0 Å². The van der Waals surface area contributed by atoms with Gasteiger partial charge in [-0.3, -0.25) is 0 Å². The van der Waals surface area contributed by atoms with E-state index in [1.54, 1.807) is 0 Å². The minimum absolute atomic E-state index is 0.831. The summed E-state index contributed by atoms with van der Waals surface area (Å²) in [6, 6.07) is 0. The molecule has 2 nitrogen and oxygen atoms in total. The van der Waals surface area contributed by atoms with Crippen LogP contribution in [0.2, 0.25) is 0 Å². The Morgan fingerprint density at radius 2 is 1.92 bits per heavy atom. The van der Waals surface area contributed by atoms with E-state index in [1.165, 1.54) is 19.6 Å². The zero-order valence-corrected chi connectivity index (χ0v) is 9.15. The summed E-state index contributed by atoms with van der Waals surface area (Å²) in [5, 5.41) is 2.39. The maximum atomic E-state index is 4.49. The fraction of sp³-hybridized carbons (Fsp3) is 0.889. The van der Waals surface area contributed by atoms with E-state index >= 15 is 0 Å². The van der Waals surface area contributed by atoms with Crippen molar-refractivity contribution < 1.29 is 4.48 Å². The topological polar surface area (TPSA) is 12.4 Å². The molecule has 12 heavy (non-hydrogen) atoms. The van der Waals surface area contributed by atoms with Crippen molar-refractivity contribution in [1.29, 1.82) is 0 Å². The van der Waals surface area contributed by atoms with Crippen LogP contribution in [-0.4, -0.2) is 42.9 Å². The lowest BCUT2D eigenvalue weighted by atomic mass is 10.3. The maximum Gasteiger partial charge on any atom is 0.0802 e. The molecule has 0 saturated carbocycles. The van der Waals surface area contributed by atoms with Gasteiger partial charge in [-0.25, -0.2) is 4.99 Å². The number of hydrogen-bond donors (Lipinski definition) is 0. The summed E-state index contributed by atoms with van der Waals surface area (Å²) >= 11 is 4.49. The summed E-state index contributed by atoms with van der Waals surface area (Å²) in [6.07, 6.45) is 1.11. The molecule has 3 heteroatoms. The molecule has 0 aromatic heterocycles. The first-order valence-electron chi connectivity index (χ1n) is 4.55. The Balaban J connectivity index is 3.65. The van der Waals surface area contributed by atoms with Gasteiger partial charge in [0.25, 0.3) is 0 Å². The van der Waals surface area contributed by atoms with Gasteiger partial charge in [0.15, 0.2) is 0 Å². The lowest BCUT2D eigenvalue weighted by molar-refractivity contribution is -0.906. The van der Waals surface area contributed by atoms with Crippen molar-refractivity contribution >= 4 is 17.4 Å². The molecular weight excluding hydrogens is 168 g/mol. The predicted molar refractivity (Wildman–Crippen MR) is 56.6 cm³/mol. The van der Waals surface area contributed by atoms with Gasteiger partial charge in [-0.2, -0.15) is 0 Å². The highest BCUT2D eigenvalue weighted by molar-refractivity contribution is 7.78. The van der Waals surface area contributed by atoms with E-state index in [0.29, 0.717) is 0 Å². The van der Waals surface area contributed by atoms with Crippen molar-refractivity contribution in [3.8, 4) is 0 Å². The van der Waals surface area contributed by atoms with Gasteiger partial charge >= 0.3 is 0 Å². The molecule has 0 heterocycles. The number of rotatable bonds is 6. The standard InChI is InChI=1S/C9H19N2S/c1-4-11(3,5-2)8-6-7-10-9-12/h4-8H2,1-3H3/q+1. The molecule has 0 rings (SSSR count). The van der Waals surface area contributed by atoms with Crippen LogP contribution in [0.15, 0.2) is 4.99 Å². The molecule has 0 atom stereocenters. The molecule has 0 bridgehead atoms. The van der Waals surface area contributed by atoms with Gasteiger partial charge in [-0.15, -0.1) is 0 Å². The number of nitrogens with zero attached hydrogens (tertiary/aromatic N) is 2. The Hall–Kier alpha value is -0.240. The third kappa shape index (κ3) is 4.60. The molecule has 0 spiro atoms. The molecule has 70 valence electrons. The first-order valence-corrected chi connectivity index (χ1v) is 4.96. The highest BCUT2D eigenvalue weighted by Gasteiger charge is 2.14. The van der Waals surface area contributed by atoms with E-state index in [4.69, 9.17) is 0 Å². The largest absolute Gasteiger partial charge is 0.326 e. The van der Waals surface area contributed by atoms with Crippen LogP contribution in [0, 0.1) is 0 Å². The van der Waals surface area contributed by atoms with Crippen LogP contribution in [0.4, 0.5) is 0 Å². The zero-order valence-electron chi connectivity index (χ0n) is 8.34. The second kappa shape index (κ2) is 6.30. The van der Waals surface area contributed by atoms with Gasteiger partial charge in [0.05, 0.1) is 38.4 Å². The van der Waals surface area contributed by atoms with E-state index < -0.39 is 0 Å². The van der Waals surface area contributed by atoms with E-state index in [9.17, 15) is 0 Å². The monoisotopic (exact) mass is 187 g/mol. The quantitative estimate of drug-likeness (QED) is 0.268. The van der Waals surface area contributed by atoms with E-state index in [-0.39, 0.29) is 0 Å². The van der Waals surface area contributed by atoms with Crippen molar-refractivity contribution in [3.05, 3.63) is 0 Å². The Bertz CT molecular complexity index is 158. The Morgan fingerprint density at radius 3 is 2.33 bits per heavy atom. The van der Waals surface area contributed by atoms with Gasteiger partial charge in [0.2, 0.25) is 0 Å². The molecule has 0 saturated heterocycles. The minimum atomic E-state index is 0.831. The average molecular weight is 187 g/mol. The Kier molecular flexibility index (Phi) is 6.17. The number of hydrogen-bond acceptors (Lipinski definition) is 2. The highest BCUT2D eigenvalue weighted by Crippen LogP contribution is 2.02. The van der Waals surface area contributed by atoms with Crippen molar-refractivity contribution in [1.82, 2.24) is 0 Å². The summed E-state index contributed by atoms with van der Waals surface area (Å²) < 4.78 is 1.13. The fourth-order valence-electron chi connectivity index (χ4n) is 1.12. The van der Waals surface area contributed by atoms with Crippen molar-refractivity contribution in [3.63, 3.8) is 0 Å². The summed E-state index contributed by atoms with van der Waals surface area (Å²) in [5.74, 6) is 0. The molecule has 0 aliphatic heterocycles. The number of aliphatic imine (C=N–C) groups is 1. The highest BCUT2D eigenvalue weighted by atomic mass is 32.1. The molecule has 0 amide bonds. The summed E-state index contributed by atoms with van der Waals surface area (Å²) in [7, 11) is 2.28. The molecule has 0 aliphatic rings. The smallest absolute Gasteiger partial charge is 0.0802 e. The van der Waals surface area contributed by atoms with Crippen LogP contribution < -0.4 is 0 Å². The first kappa shape index (κ1) is 11.8. The normalized spacial score (nSPS) is 10.9. The van der Waals surface area contributed by atoms with Crippen LogP contribution in [0.1, 0.15) is 20.3 Å². The molecule has 0 unspecified atom stereocenters. The molecule has 0 radical (unpaired) electrons. The van der Waals surface area contributed by atoms with Crippen molar-refractivity contribution in [2.45, 2.75) is 20.3 Å². The fourth-order valence-corrected chi connectivity index (χ4v) is 1.21. The molecule has 0 N–H and O–H groups in total. The predicted octanol–water partition coefficient (Wildman–Crippen LogP) is 1.97. The van der Waals surface area contributed by atoms with E-state index in [2.05, 4.69) is 43.3 Å². The first-order chi connectivity index (χ1) is 5.68. The zero-order chi connectivity index (χ0) is 9.45. The summed E-state index contributed by atoms with van der Waals surface area (Å²) in [4.78, 5) is 3.90. The van der Waals surface area contributed by atoms with Crippen LogP contribution in [0.3, 0.4) is 0 Å². The molecule has 0 aromatic carbocycles. The second-order valence-corrected chi connectivity index (χ2v) is 3.48. The van der Waals surface area contributed by atoms with Crippen LogP contribution in [-0.2, 0) is 0 Å². The van der Waals surface area contributed by atoms with E-state index in [1.807, 2.05) is 0 Å². The average Bonchev–Trinajstić information content (AvgIpc) is 2.12. The summed E-state index contributed by atoms with van der Waals surface area (Å²) in [5.41, 5.74) is 0. The second-order valence-electron chi connectivity index (χ2n) is 3.30. The Labute approximate surface area is 80.9 Å². The van der Waals surface area contributed by atoms with Gasteiger partial charge in [0.1, 0.15) is 0 Å². The number of thiocarbonyl (C=S) groups is 1. The lowest BCUT2D eigenvalue weighted by Gasteiger charge is -2.31. The van der Waals surface area contributed by atoms with Gasteiger partial charge in [-0.05, 0) is 26.1 Å². The van der Waals surface area contributed by atoms with Crippen molar-refractivity contribution in [2.24, 2.45) is 4.99 Å². The van der Waals surface area contributed by atoms with Gasteiger partial charge < -0.3 is 4.48 Å². The third-order valence-electron chi connectivity index (χ3n) is 2.56. The SMILES string of the molecule is CC[N+](C)(CC)CCCN=C=S. The Morgan fingerprint density at radius 1 is 1.33 bits per heavy atom. The summed E-state index contributed by atoms with van der Waals surface area (Å²) in [6.45, 7) is 8.86. The van der Waals surface area contributed by atoms with Gasteiger partial charge in [-0.1, -0.05) is 0 Å². The van der Waals surface area contributed by atoms with E-state index in [0.717, 1.165) is 17.4 Å². The number of quaternary nitrogens is 1. The van der Waals surface area contributed by atoms with Crippen molar-refractivity contribution in [2.75, 3.05) is 33.2 Å². The minimum Gasteiger partial charge on any atom is -0.326 e. The molecule has 0 fully saturated rings. The molecule has 0 aromatic rings. The molecule has 0 aliphatic carbocycles. The van der Waals surface area contributed by atoms with Crippen LogP contribution >= 0.6 is 12.2 Å². The molecular formula is C9H19N2S+. The lowest BCUT2D eigenvalue weighted by Crippen LogP contribution is -2.44. The maximum absolute atomic E-state index is 4.49. The third-order valence-corrected chi connectivity index (χ3v) is 2.69. The number of isothiocyanates is 1. The van der Waals surface area contributed by atoms with Gasteiger partial charge in [0, 0.05) is 6.42 Å². The van der Waals surface area contributed by atoms with Crippen LogP contribution in [0.25, 0.3) is 0 Å².